The van der Waals surface area contributed by atoms with Crippen molar-refractivity contribution < 1.29 is 29.3 Å². The Hall–Kier alpha value is -2.63. The molecule has 0 saturated heterocycles. The minimum absolute atomic E-state index is 0.121. The summed E-state index contributed by atoms with van der Waals surface area (Å²) in [6.07, 6.45) is 0.571. The number of hydrogen-bond donors (Lipinski definition) is 2. The highest BCUT2D eigenvalue weighted by Crippen LogP contribution is 2.06. The van der Waals surface area contributed by atoms with Crippen molar-refractivity contribution in [3.8, 4) is 0 Å². The molecule has 0 saturated carbocycles. The van der Waals surface area contributed by atoms with E-state index in [0.29, 0.717) is 5.56 Å². The second-order valence-corrected chi connectivity index (χ2v) is 2.95. The molecule has 0 spiro atoms. The van der Waals surface area contributed by atoms with Gasteiger partial charge in [0.15, 0.2) is 0 Å². The van der Waals surface area contributed by atoms with Gasteiger partial charge in [0.1, 0.15) is 0 Å². The van der Waals surface area contributed by atoms with Crippen LogP contribution < -0.4 is 0 Å². The molecule has 2 N–H and O–H groups in total. The van der Waals surface area contributed by atoms with Crippen LogP contribution in [0.1, 0.15) is 15.9 Å². The molecule has 0 aromatic heterocycles. The third-order valence-electron chi connectivity index (χ3n) is 1.76. The first-order valence-electron chi connectivity index (χ1n) is 4.45. The Morgan fingerprint density at radius 1 is 1.06 bits per heavy atom. The quantitative estimate of drug-likeness (QED) is 0.469. The lowest BCUT2D eigenvalue weighted by atomic mass is 10.1. The van der Waals surface area contributed by atoms with Crippen LogP contribution in [0.25, 0.3) is 6.08 Å². The van der Waals surface area contributed by atoms with Crippen LogP contribution in [0.15, 0.2) is 30.3 Å². The summed E-state index contributed by atoms with van der Waals surface area (Å²) in [5.41, 5.74) is 0.674. The molecule has 0 radical (unpaired) electrons. The van der Waals surface area contributed by atoms with Crippen molar-refractivity contribution in [2.24, 2.45) is 0 Å². The molecular formula is C11H8O6. The number of rotatable bonds is 3. The highest BCUT2D eigenvalue weighted by molar-refractivity contribution is 5.93. The number of benzene rings is 1. The van der Waals surface area contributed by atoms with Crippen LogP contribution in [0, 0.1) is 0 Å². The molecule has 6 heteroatoms. The topological polar surface area (TPSA) is 101 Å². The molecule has 0 unspecified atom stereocenters. The maximum Gasteiger partial charge on any atom is 0.513 e. The number of ether oxygens (including phenoxy) is 1. The van der Waals surface area contributed by atoms with Gasteiger partial charge in [-0.2, -0.15) is 0 Å². The molecule has 0 aliphatic carbocycles. The third-order valence-corrected chi connectivity index (χ3v) is 1.76. The Labute approximate surface area is 95.8 Å². The summed E-state index contributed by atoms with van der Waals surface area (Å²) >= 11 is 0. The van der Waals surface area contributed by atoms with Gasteiger partial charge in [-0.1, -0.05) is 12.1 Å². The predicted molar refractivity (Wildman–Crippen MR) is 56.6 cm³/mol. The van der Waals surface area contributed by atoms with Gasteiger partial charge in [0, 0.05) is 6.08 Å². The fourth-order valence-corrected chi connectivity index (χ4v) is 1.02. The standard InChI is InChI=1S/C11H8O6/c12-9(17-11(15)16)6-3-7-1-4-8(5-2-7)10(13)14/h1-6H,(H,13,14)(H,15,16). The van der Waals surface area contributed by atoms with Crippen LogP contribution in [0.2, 0.25) is 0 Å². The van der Waals surface area contributed by atoms with E-state index in [1.54, 1.807) is 0 Å². The average Bonchev–Trinajstić information content (AvgIpc) is 2.26. The minimum atomic E-state index is -1.68. The number of carbonyl (C=O) groups excluding carboxylic acids is 1. The normalized spacial score (nSPS) is 10.1. The van der Waals surface area contributed by atoms with Gasteiger partial charge in [-0.15, -0.1) is 0 Å². The van der Waals surface area contributed by atoms with E-state index < -0.39 is 18.1 Å². The highest BCUT2D eigenvalue weighted by atomic mass is 16.7. The van der Waals surface area contributed by atoms with Gasteiger partial charge in [-0.25, -0.2) is 14.4 Å². The van der Waals surface area contributed by atoms with Crippen LogP contribution >= 0.6 is 0 Å². The van der Waals surface area contributed by atoms with Gasteiger partial charge >= 0.3 is 18.1 Å². The molecule has 0 aliphatic rings. The summed E-state index contributed by atoms with van der Waals surface area (Å²) in [6.45, 7) is 0. The Bertz CT molecular complexity index is 471. The van der Waals surface area contributed by atoms with E-state index in [2.05, 4.69) is 4.74 Å². The summed E-state index contributed by atoms with van der Waals surface area (Å²) in [5.74, 6) is -2.06. The van der Waals surface area contributed by atoms with Crippen LogP contribution in [-0.4, -0.2) is 28.3 Å². The van der Waals surface area contributed by atoms with Gasteiger partial charge in [-0.05, 0) is 23.8 Å². The Morgan fingerprint density at radius 3 is 2.12 bits per heavy atom. The molecule has 1 rings (SSSR count). The lowest BCUT2D eigenvalue weighted by Crippen LogP contribution is -2.06. The summed E-state index contributed by atoms with van der Waals surface area (Å²) < 4.78 is 3.83. The van der Waals surface area contributed by atoms with Crippen molar-refractivity contribution in [3.63, 3.8) is 0 Å². The number of hydrogen-bond acceptors (Lipinski definition) is 4. The zero-order valence-electron chi connectivity index (χ0n) is 8.49. The van der Waals surface area contributed by atoms with Gasteiger partial charge in [0.25, 0.3) is 0 Å². The van der Waals surface area contributed by atoms with Crippen LogP contribution in [0.5, 0.6) is 0 Å². The van der Waals surface area contributed by atoms with E-state index in [4.69, 9.17) is 10.2 Å². The Kier molecular flexibility index (Phi) is 3.99. The Balaban J connectivity index is 2.69. The third kappa shape index (κ3) is 4.17. The second-order valence-electron chi connectivity index (χ2n) is 2.95. The molecular weight excluding hydrogens is 228 g/mol. The van der Waals surface area contributed by atoms with Crippen molar-refractivity contribution >= 4 is 24.2 Å². The number of carbonyl (C=O) groups is 3. The molecule has 88 valence electrons. The minimum Gasteiger partial charge on any atom is -0.478 e. The van der Waals surface area contributed by atoms with Crippen LogP contribution in [0.3, 0.4) is 0 Å². The average molecular weight is 236 g/mol. The van der Waals surface area contributed by atoms with E-state index in [0.717, 1.165) is 6.08 Å². The second kappa shape index (κ2) is 5.45. The van der Waals surface area contributed by atoms with Crippen LogP contribution in [-0.2, 0) is 9.53 Å². The summed E-state index contributed by atoms with van der Waals surface area (Å²) in [4.78, 5) is 31.4. The monoisotopic (exact) mass is 236 g/mol. The van der Waals surface area contributed by atoms with Gasteiger partial charge in [0.2, 0.25) is 0 Å². The maximum atomic E-state index is 10.8. The molecule has 1 aromatic carbocycles. The summed E-state index contributed by atoms with van der Waals surface area (Å²) in [6, 6.07) is 5.69. The van der Waals surface area contributed by atoms with Gasteiger partial charge in [0.05, 0.1) is 5.56 Å². The zero-order chi connectivity index (χ0) is 12.8. The molecule has 0 aliphatic heterocycles. The van der Waals surface area contributed by atoms with E-state index in [9.17, 15) is 14.4 Å². The summed E-state index contributed by atoms with van der Waals surface area (Å²) in [7, 11) is 0. The van der Waals surface area contributed by atoms with Gasteiger partial charge in [-0.3, -0.25) is 0 Å². The lowest BCUT2D eigenvalue weighted by Gasteiger charge is -1.95. The predicted octanol–water partition coefficient (Wildman–Crippen LogP) is 1.62. The lowest BCUT2D eigenvalue weighted by molar-refractivity contribution is -0.133. The fraction of sp³-hybridized carbons (Fsp3) is 0. The first kappa shape index (κ1) is 12.4. The van der Waals surface area contributed by atoms with E-state index in [1.807, 2.05) is 0 Å². The van der Waals surface area contributed by atoms with Crippen LogP contribution in [0.4, 0.5) is 4.79 Å². The molecule has 17 heavy (non-hydrogen) atoms. The number of carboxylic acid groups (broad SMARTS) is 2. The molecule has 0 heterocycles. The molecule has 0 bridgehead atoms. The number of aromatic carboxylic acids is 1. The SMILES string of the molecule is O=C(O)OC(=O)C=Cc1ccc(C(=O)O)cc1. The number of esters is 1. The molecule has 6 nitrogen and oxygen atoms in total. The zero-order valence-corrected chi connectivity index (χ0v) is 8.49. The molecule has 0 fully saturated rings. The smallest absolute Gasteiger partial charge is 0.478 e. The van der Waals surface area contributed by atoms with Crippen molar-refractivity contribution in [1.82, 2.24) is 0 Å². The van der Waals surface area contributed by atoms with Crippen molar-refractivity contribution in [2.45, 2.75) is 0 Å². The molecule has 1 aromatic rings. The first-order chi connectivity index (χ1) is 7.99. The first-order valence-corrected chi connectivity index (χ1v) is 4.45. The van der Waals surface area contributed by atoms with Gasteiger partial charge < -0.3 is 14.9 Å². The Morgan fingerprint density at radius 2 is 1.65 bits per heavy atom. The van der Waals surface area contributed by atoms with Crippen molar-refractivity contribution in [2.75, 3.05) is 0 Å². The number of carboxylic acids is 1. The van der Waals surface area contributed by atoms with E-state index in [-0.39, 0.29) is 5.56 Å². The van der Waals surface area contributed by atoms with Crippen molar-refractivity contribution in [3.05, 3.63) is 41.5 Å². The van der Waals surface area contributed by atoms with Crippen molar-refractivity contribution in [1.29, 1.82) is 0 Å². The van der Waals surface area contributed by atoms with E-state index >= 15 is 0 Å². The maximum absolute atomic E-state index is 10.8. The fourth-order valence-electron chi connectivity index (χ4n) is 1.02. The highest BCUT2D eigenvalue weighted by Gasteiger charge is 2.03. The molecule has 0 atom stereocenters. The largest absolute Gasteiger partial charge is 0.513 e. The van der Waals surface area contributed by atoms with E-state index in [1.165, 1.54) is 30.3 Å². The molecule has 0 amide bonds. The summed E-state index contributed by atoms with van der Waals surface area (Å²) in [5, 5.41) is 16.8.